The summed E-state index contributed by atoms with van der Waals surface area (Å²) in [6, 6.07) is 0. The molecule has 0 spiro atoms. The number of allylic oxidation sites excluding steroid dienone is 3. The highest BCUT2D eigenvalue weighted by atomic mass is 19.4. The Morgan fingerprint density at radius 3 is 2.13 bits per heavy atom. The fraction of sp³-hybridized carbons (Fsp3) is 0.643. The maximum atomic E-state index is 13.4. The predicted octanol–water partition coefficient (Wildman–Crippen LogP) is 4.30. The van der Waals surface area contributed by atoms with Crippen molar-refractivity contribution in [2.24, 2.45) is 5.41 Å². The van der Waals surface area contributed by atoms with Gasteiger partial charge < -0.3 is 9.47 Å². The van der Waals surface area contributed by atoms with Crippen LogP contribution in [0.3, 0.4) is 0 Å². The van der Waals surface area contributed by atoms with E-state index in [1.54, 1.807) is 20.8 Å². The van der Waals surface area contributed by atoms with Crippen LogP contribution in [0.2, 0.25) is 0 Å². The van der Waals surface area contributed by atoms with Gasteiger partial charge in [-0.3, -0.25) is 0 Å². The molecule has 1 atom stereocenters. The summed E-state index contributed by atoms with van der Waals surface area (Å²) in [6.45, 7) is 6.96. The molecule has 1 aliphatic carbocycles. The minimum atomic E-state index is -5.41. The molecular weight excluding hydrogens is 330 g/mol. The first-order valence-corrected chi connectivity index (χ1v) is 6.48. The summed E-state index contributed by atoms with van der Waals surface area (Å²) in [7, 11) is 0. The highest BCUT2D eigenvalue weighted by Crippen LogP contribution is 2.63. The summed E-state index contributed by atoms with van der Waals surface area (Å²) >= 11 is 0. The van der Waals surface area contributed by atoms with Gasteiger partial charge in [0.1, 0.15) is 5.60 Å². The van der Waals surface area contributed by atoms with Crippen molar-refractivity contribution < 1.29 is 40.6 Å². The lowest BCUT2D eigenvalue weighted by atomic mass is 9.68. The van der Waals surface area contributed by atoms with Crippen molar-refractivity contribution in [3.05, 3.63) is 24.2 Å². The minimum absolute atomic E-state index is 0.199. The van der Waals surface area contributed by atoms with Crippen LogP contribution < -0.4 is 0 Å². The van der Waals surface area contributed by atoms with Crippen LogP contribution in [0.15, 0.2) is 24.2 Å². The van der Waals surface area contributed by atoms with Crippen molar-refractivity contribution in [2.75, 3.05) is 6.61 Å². The molecule has 0 aromatic carbocycles. The first-order chi connectivity index (χ1) is 10.1. The van der Waals surface area contributed by atoms with Crippen LogP contribution in [0.4, 0.5) is 26.3 Å². The van der Waals surface area contributed by atoms with Crippen molar-refractivity contribution in [2.45, 2.75) is 44.9 Å². The van der Waals surface area contributed by atoms with E-state index in [9.17, 15) is 31.1 Å². The zero-order valence-corrected chi connectivity index (χ0v) is 12.7. The van der Waals surface area contributed by atoms with E-state index >= 15 is 0 Å². The average molecular weight is 346 g/mol. The molecule has 1 rings (SSSR count). The third-order valence-electron chi connectivity index (χ3n) is 3.03. The Morgan fingerprint density at radius 2 is 1.78 bits per heavy atom. The lowest BCUT2D eigenvalue weighted by molar-refractivity contribution is -0.290. The van der Waals surface area contributed by atoms with Crippen molar-refractivity contribution in [1.82, 2.24) is 0 Å². The quantitative estimate of drug-likeness (QED) is 0.423. The Kier molecular flexibility index (Phi) is 4.85. The summed E-state index contributed by atoms with van der Waals surface area (Å²) < 4.78 is 87.8. The molecule has 0 fully saturated rings. The molecule has 1 unspecified atom stereocenters. The zero-order chi connectivity index (χ0) is 18.3. The Labute approximate surface area is 128 Å². The summed E-state index contributed by atoms with van der Waals surface area (Å²) in [4.78, 5) is 11.4. The molecule has 23 heavy (non-hydrogen) atoms. The molecule has 132 valence electrons. The van der Waals surface area contributed by atoms with Gasteiger partial charge in [-0.05, 0) is 26.8 Å². The molecule has 1 aliphatic rings. The number of carbonyl (C=O) groups excluding carboxylic acids is 1. The standard InChI is InChI=1S/C14H16F6O3/c1-8(22-7-10(21)23-11(2,3)4)5-12(14(18,19)20)6-9(15)13(12,16)17/h6H,1,5,7H2,2-4H3. The van der Waals surface area contributed by atoms with E-state index < -0.39 is 53.7 Å². The van der Waals surface area contributed by atoms with Crippen molar-refractivity contribution in [1.29, 1.82) is 0 Å². The van der Waals surface area contributed by atoms with E-state index in [0.29, 0.717) is 0 Å². The first-order valence-electron chi connectivity index (χ1n) is 6.48. The Hall–Kier alpha value is -1.67. The maximum absolute atomic E-state index is 13.4. The fourth-order valence-electron chi connectivity index (χ4n) is 1.95. The lowest BCUT2D eigenvalue weighted by Crippen LogP contribution is -2.57. The summed E-state index contributed by atoms with van der Waals surface area (Å²) in [5, 5.41) is 0. The molecule has 0 saturated heterocycles. The molecule has 0 N–H and O–H groups in total. The van der Waals surface area contributed by atoms with Gasteiger partial charge in [0.05, 0.1) is 5.76 Å². The molecular formula is C14H16F6O3. The number of carbonyl (C=O) groups is 1. The van der Waals surface area contributed by atoms with Crippen molar-refractivity contribution in [3.63, 3.8) is 0 Å². The minimum Gasteiger partial charge on any atom is -0.487 e. The normalized spacial score (nSPS) is 23.6. The largest absolute Gasteiger partial charge is 0.487 e. The van der Waals surface area contributed by atoms with Gasteiger partial charge in [-0.15, -0.1) is 0 Å². The van der Waals surface area contributed by atoms with Crippen LogP contribution in [0, 0.1) is 5.41 Å². The Balaban J connectivity index is 2.74. The van der Waals surface area contributed by atoms with Crippen LogP contribution in [0.25, 0.3) is 0 Å². The number of alkyl halides is 5. The van der Waals surface area contributed by atoms with E-state index in [1.807, 2.05) is 0 Å². The topological polar surface area (TPSA) is 35.5 Å². The van der Waals surface area contributed by atoms with Gasteiger partial charge in [0.15, 0.2) is 17.8 Å². The van der Waals surface area contributed by atoms with E-state index in [0.717, 1.165) is 0 Å². The number of rotatable bonds is 5. The number of hydrogen-bond acceptors (Lipinski definition) is 3. The molecule has 0 amide bonds. The summed E-state index contributed by atoms with van der Waals surface area (Å²) in [5.41, 5.74) is -4.57. The van der Waals surface area contributed by atoms with Crippen LogP contribution >= 0.6 is 0 Å². The molecule has 0 heterocycles. The summed E-state index contributed by atoms with van der Waals surface area (Å²) in [5.74, 6) is -8.49. The Bertz CT molecular complexity index is 530. The maximum Gasteiger partial charge on any atom is 0.404 e. The molecule has 0 radical (unpaired) electrons. The van der Waals surface area contributed by atoms with Crippen LogP contribution in [-0.4, -0.2) is 30.3 Å². The average Bonchev–Trinajstić information content (AvgIpc) is 2.32. The second-order valence-corrected chi connectivity index (χ2v) is 6.13. The highest BCUT2D eigenvalue weighted by molar-refractivity contribution is 5.71. The number of esters is 1. The zero-order valence-electron chi connectivity index (χ0n) is 12.7. The second-order valence-electron chi connectivity index (χ2n) is 6.13. The molecule has 3 nitrogen and oxygen atoms in total. The predicted molar refractivity (Wildman–Crippen MR) is 68.2 cm³/mol. The van der Waals surface area contributed by atoms with Crippen molar-refractivity contribution in [3.8, 4) is 0 Å². The Morgan fingerprint density at radius 1 is 1.26 bits per heavy atom. The SMILES string of the molecule is C=C(CC1(C(F)(F)F)C=C(F)C1(F)F)OCC(=O)OC(C)(C)C. The number of halogens is 6. The van der Waals surface area contributed by atoms with Gasteiger partial charge in [-0.2, -0.15) is 22.0 Å². The molecule has 0 bridgehead atoms. The van der Waals surface area contributed by atoms with Gasteiger partial charge >= 0.3 is 18.1 Å². The summed E-state index contributed by atoms with van der Waals surface area (Å²) in [6.07, 6.45) is -7.01. The smallest absolute Gasteiger partial charge is 0.404 e. The van der Waals surface area contributed by atoms with Gasteiger partial charge in [-0.1, -0.05) is 6.58 Å². The third kappa shape index (κ3) is 3.81. The molecule has 9 heteroatoms. The molecule has 0 aromatic heterocycles. The van der Waals surface area contributed by atoms with Crippen LogP contribution in [0.1, 0.15) is 27.2 Å². The van der Waals surface area contributed by atoms with Crippen molar-refractivity contribution >= 4 is 5.97 Å². The fourth-order valence-corrected chi connectivity index (χ4v) is 1.95. The first kappa shape index (κ1) is 19.4. The van der Waals surface area contributed by atoms with E-state index in [-0.39, 0.29) is 6.08 Å². The van der Waals surface area contributed by atoms with Gasteiger partial charge in [0.25, 0.3) is 0 Å². The monoisotopic (exact) mass is 346 g/mol. The number of ether oxygens (including phenoxy) is 2. The number of hydrogen-bond donors (Lipinski definition) is 0. The molecule has 0 aromatic rings. The van der Waals surface area contributed by atoms with Gasteiger partial charge in [-0.25, -0.2) is 9.18 Å². The third-order valence-corrected chi connectivity index (χ3v) is 3.03. The second kappa shape index (κ2) is 5.76. The lowest BCUT2D eigenvalue weighted by Gasteiger charge is -2.45. The van der Waals surface area contributed by atoms with E-state index in [1.165, 1.54) is 0 Å². The van der Waals surface area contributed by atoms with E-state index in [4.69, 9.17) is 4.74 Å². The molecule has 0 saturated carbocycles. The molecule has 0 aliphatic heterocycles. The van der Waals surface area contributed by atoms with Gasteiger partial charge in [0, 0.05) is 6.42 Å². The van der Waals surface area contributed by atoms with Crippen LogP contribution in [0.5, 0.6) is 0 Å². The van der Waals surface area contributed by atoms with E-state index in [2.05, 4.69) is 11.3 Å². The highest BCUT2D eigenvalue weighted by Gasteiger charge is 2.76. The van der Waals surface area contributed by atoms with Crippen LogP contribution in [-0.2, 0) is 14.3 Å². The van der Waals surface area contributed by atoms with Gasteiger partial charge in [0.2, 0.25) is 0 Å².